The van der Waals surface area contributed by atoms with Crippen LogP contribution in [0.4, 0.5) is 5.69 Å². The fourth-order valence-electron chi connectivity index (χ4n) is 4.16. The largest absolute Gasteiger partial charge is 0.274 e. The van der Waals surface area contributed by atoms with E-state index in [4.69, 9.17) is 0 Å². The first-order valence-electron chi connectivity index (χ1n) is 8.64. The number of amides is 2. The Kier molecular flexibility index (Phi) is 3.72. The van der Waals surface area contributed by atoms with Gasteiger partial charge in [-0.3, -0.25) is 14.5 Å². The van der Waals surface area contributed by atoms with E-state index in [9.17, 15) is 9.59 Å². The molecule has 3 heteroatoms. The number of benzene rings is 2. The predicted molar refractivity (Wildman–Crippen MR) is 93.7 cm³/mol. The Labute approximate surface area is 142 Å². The molecule has 0 unspecified atom stereocenters. The van der Waals surface area contributed by atoms with Crippen LogP contribution in [0.5, 0.6) is 0 Å². The molecule has 122 valence electrons. The Balaban J connectivity index is 1.60. The standard InChI is InChI=1S/C21H21NO2/c1-14-7-10-17(11-8-14)22-20(23)18-12-9-16(13-19(18)21(22)24)15-5-3-2-4-6-15/h2-8,10-11,16,18-19H,9,12-13H2,1H3/t16-,18-,19+/m1/s1. The summed E-state index contributed by atoms with van der Waals surface area (Å²) in [7, 11) is 0. The Morgan fingerprint density at radius 3 is 2.21 bits per heavy atom. The third-order valence-electron chi connectivity index (χ3n) is 5.49. The van der Waals surface area contributed by atoms with Crippen molar-refractivity contribution in [2.45, 2.75) is 32.1 Å². The number of rotatable bonds is 2. The molecule has 1 heterocycles. The van der Waals surface area contributed by atoms with Crippen LogP contribution in [0.25, 0.3) is 0 Å². The van der Waals surface area contributed by atoms with Gasteiger partial charge < -0.3 is 0 Å². The first-order chi connectivity index (χ1) is 11.6. The monoisotopic (exact) mass is 319 g/mol. The molecule has 0 aromatic heterocycles. The molecule has 0 radical (unpaired) electrons. The van der Waals surface area contributed by atoms with E-state index in [1.165, 1.54) is 10.5 Å². The highest BCUT2D eigenvalue weighted by Crippen LogP contribution is 2.45. The van der Waals surface area contributed by atoms with Crippen LogP contribution in [0.2, 0.25) is 0 Å². The van der Waals surface area contributed by atoms with Crippen LogP contribution in [0.3, 0.4) is 0 Å². The molecule has 0 spiro atoms. The third kappa shape index (κ3) is 2.44. The second-order valence-electron chi connectivity index (χ2n) is 6.98. The van der Waals surface area contributed by atoms with Gasteiger partial charge in [-0.15, -0.1) is 0 Å². The highest BCUT2D eigenvalue weighted by Gasteiger charge is 2.50. The number of carbonyl (C=O) groups excluding carboxylic acids is 2. The minimum atomic E-state index is -0.169. The zero-order chi connectivity index (χ0) is 16.7. The number of nitrogens with zero attached hydrogens (tertiary/aromatic N) is 1. The summed E-state index contributed by atoms with van der Waals surface area (Å²) in [4.78, 5) is 27.1. The van der Waals surface area contributed by atoms with E-state index in [0.717, 1.165) is 24.8 Å². The topological polar surface area (TPSA) is 37.4 Å². The van der Waals surface area contributed by atoms with Crippen LogP contribution < -0.4 is 4.90 Å². The van der Waals surface area contributed by atoms with Crippen molar-refractivity contribution >= 4 is 17.5 Å². The highest BCUT2D eigenvalue weighted by molar-refractivity contribution is 6.22. The lowest BCUT2D eigenvalue weighted by molar-refractivity contribution is -0.122. The van der Waals surface area contributed by atoms with Crippen molar-refractivity contribution in [1.29, 1.82) is 0 Å². The molecule has 1 saturated heterocycles. The van der Waals surface area contributed by atoms with Crippen LogP contribution in [0.15, 0.2) is 54.6 Å². The van der Waals surface area contributed by atoms with Gasteiger partial charge in [0.2, 0.25) is 11.8 Å². The van der Waals surface area contributed by atoms with Crippen molar-refractivity contribution in [2.24, 2.45) is 11.8 Å². The van der Waals surface area contributed by atoms with Crippen LogP contribution in [0.1, 0.15) is 36.3 Å². The van der Waals surface area contributed by atoms with E-state index in [-0.39, 0.29) is 23.7 Å². The fourth-order valence-corrected chi connectivity index (χ4v) is 4.16. The number of aryl methyl sites for hydroxylation is 1. The molecule has 4 rings (SSSR count). The van der Waals surface area contributed by atoms with Gasteiger partial charge in [-0.05, 0) is 49.8 Å². The first-order valence-corrected chi connectivity index (χ1v) is 8.64. The Hall–Kier alpha value is -2.42. The van der Waals surface area contributed by atoms with E-state index in [1.807, 2.05) is 49.4 Å². The molecule has 2 aliphatic rings. The average Bonchev–Trinajstić information content (AvgIpc) is 2.87. The lowest BCUT2D eigenvalue weighted by Crippen LogP contribution is -2.30. The predicted octanol–water partition coefficient (Wildman–Crippen LogP) is 4.07. The molecule has 24 heavy (non-hydrogen) atoms. The maximum Gasteiger partial charge on any atom is 0.237 e. The zero-order valence-corrected chi connectivity index (χ0v) is 13.8. The average molecular weight is 319 g/mol. The van der Waals surface area contributed by atoms with Crippen LogP contribution >= 0.6 is 0 Å². The van der Waals surface area contributed by atoms with Gasteiger partial charge in [0.05, 0.1) is 17.5 Å². The Morgan fingerprint density at radius 1 is 0.833 bits per heavy atom. The van der Waals surface area contributed by atoms with Gasteiger partial charge >= 0.3 is 0 Å². The van der Waals surface area contributed by atoms with E-state index >= 15 is 0 Å². The number of anilines is 1. The van der Waals surface area contributed by atoms with E-state index < -0.39 is 0 Å². The molecule has 1 aliphatic carbocycles. The molecule has 0 bridgehead atoms. The van der Waals surface area contributed by atoms with Crippen molar-refractivity contribution in [3.05, 3.63) is 65.7 Å². The molecule has 2 aromatic rings. The summed E-state index contributed by atoms with van der Waals surface area (Å²) in [5, 5.41) is 0. The van der Waals surface area contributed by atoms with Crippen LogP contribution in [0, 0.1) is 18.8 Å². The number of fused-ring (bicyclic) bond motifs is 1. The summed E-state index contributed by atoms with van der Waals surface area (Å²) in [6.45, 7) is 2.00. The lowest BCUT2D eigenvalue weighted by atomic mass is 9.73. The number of hydrogen-bond acceptors (Lipinski definition) is 2. The summed E-state index contributed by atoms with van der Waals surface area (Å²) in [5.41, 5.74) is 3.12. The summed E-state index contributed by atoms with van der Waals surface area (Å²) in [6.07, 6.45) is 2.56. The maximum absolute atomic E-state index is 12.9. The smallest absolute Gasteiger partial charge is 0.237 e. The fraction of sp³-hybridized carbons (Fsp3) is 0.333. The highest BCUT2D eigenvalue weighted by atomic mass is 16.2. The van der Waals surface area contributed by atoms with Crippen molar-refractivity contribution in [3.63, 3.8) is 0 Å². The third-order valence-corrected chi connectivity index (χ3v) is 5.49. The van der Waals surface area contributed by atoms with Gasteiger partial charge in [-0.1, -0.05) is 48.0 Å². The molecule has 1 saturated carbocycles. The summed E-state index contributed by atoms with van der Waals surface area (Å²) < 4.78 is 0. The normalized spacial score (nSPS) is 26.5. The quantitative estimate of drug-likeness (QED) is 0.783. The molecular weight excluding hydrogens is 298 g/mol. The molecule has 2 aromatic carbocycles. The second-order valence-corrected chi connectivity index (χ2v) is 6.98. The molecule has 1 aliphatic heterocycles. The van der Waals surface area contributed by atoms with E-state index in [2.05, 4.69) is 12.1 Å². The Bertz CT molecular complexity index is 766. The number of imide groups is 1. The van der Waals surface area contributed by atoms with Crippen molar-refractivity contribution < 1.29 is 9.59 Å². The van der Waals surface area contributed by atoms with E-state index in [1.54, 1.807) is 0 Å². The molecule has 3 nitrogen and oxygen atoms in total. The second kappa shape index (κ2) is 5.90. The Morgan fingerprint density at radius 2 is 1.50 bits per heavy atom. The number of hydrogen-bond donors (Lipinski definition) is 0. The van der Waals surface area contributed by atoms with Crippen molar-refractivity contribution in [1.82, 2.24) is 0 Å². The SMILES string of the molecule is Cc1ccc(N2C(=O)[C@H]3C[C@H](c4ccccc4)CC[C@H]3C2=O)cc1. The van der Waals surface area contributed by atoms with Gasteiger partial charge in [0.15, 0.2) is 0 Å². The van der Waals surface area contributed by atoms with Crippen molar-refractivity contribution in [2.75, 3.05) is 4.90 Å². The summed E-state index contributed by atoms with van der Waals surface area (Å²) >= 11 is 0. The minimum Gasteiger partial charge on any atom is -0.274 e. The molecule has 0 N–H and O–H groups in total. The van der Waals surface area contributed by atoms with Crippen molar-refractivity contribution in [3.8, 4) is 0 Å². The number of carbonyl (C=O) groups is 2. The maximum atomic E-state index is 12.9. The molecule has 2 amide bonds. The summed E-state index contributed by atoms with van der Waals surface area (Å²) in [6, 6.07) is 18.0. The van der Waals surface area contributed by atoms with Gasteiger partial charge in [0, 0.05) is 0 Å². The van der Waals surface area contributed by atoms with Gasteiger partial charge in [0.25, 0.3) is 0 Å². The van der Waals surface area contributed by atoms with Crippen LogP contribution in [-0.4, -0.2) is 11.8 Å². The molecular formula is C21H21NO2. The minimum absolute atomic E-state index is 0.0136. The van der Waals surface area contributed by atoms with Gasteiger partial charge in [0.1, 0.15) is 0 Å². The van der Waals surface area contributed by atoms with Gasteiger partial charge in [-0.2, -0.15) is 0 Å². The molecule has 2 fully saturated rings. The lowest BCUT2D eigenvalue weighted by Gasteiger charge is -2.28. The van der Waals surface area contributed by atoms with E-state index in [0.29, 0.717) is 11.6 Å². The molecule has 3 atom stereocenters. The van der Waals surface area contributed by atoms with Crippen LogP contribution in [-0.2, 0) is 9.59 Å². The zero-order valence-electron chi connectivity index (χ0n) is 13.8. The first kappa shape index (κ1) is 15.1. The van der Waals surface area contributed by atoms with Gasteiger partial charge in [-0.25, -0.2) is 0 Å². The summed E-state index contributed by atoms with van der Waals surface area (Å²) in [5.74, 6) is 0.0357.